The Hall–Kier alpha value is -1.79. The summed E-state index contributed by atoms with van der Waals surface area (Å²) < 4.78 is 0.903. The van der Waals surface area contributed by atoms with Crippen molar-refractivity contribution in [3.63, 3.8) is 0 Å². The van der Waals surface area contributed by atoms with E-state index < -0.39 is 0 Å². The molecule has 98 valence electrons. The summed E-state index contributed by atoms with van der Waals surface area (Å²) in [6.45, 7) is 2.16. The first-order valence-corrected chi connectivity index (χ1v) is 6.49. The molecule has 0 bridgehead atoms. The molecule has 2 heterocycles. The Morgan fingerprint density at radius 1 is 1.42 bits per heavy atom. The number of nitrogens with two attached hydrogens (primary N) is 1. The van der Waals surface area contributed by atoms with Crippen molar-refractivity contribution in [2.45, 2.75) is 13.5 Å². The second-order valence-corrected chi connectivity index (χ2v) is 4.81. The quantitative estimate of drug-likeness (QED) is 0.908. The number of anilines is 1. The molecule has 1 amide bonds. The van der Waals surface area contributed by atoms with Gasteiger partial charge >= 0.3 is 0 Å². The fraction of sp³-hybridized carbons (Fsp3) is 0.154. The average molecular weight is 321 g/mol. The molecule has 0 aliphatic heterocycles. The predicted octanol–water partition coefficient (Wildman–Crippen LogP) is 2.26. The van der Waals surface area contributed by atoms with E-state index >= 15 is 0 Å². The SMILES string of the molecule is Cc1nc(NC(=O)c2ccnc(CN)c2)ccc1Br. The fourth-order valence-corrected chi connectivity index (χ4v) is 1.75. The topological polar surface area (TPSA) is 80.9 Å². The molecule has 0 radical (unpaired) electrons. The zero-order chi connectivity index (χ0) is 13.8. The lowest BCUT2D eigenvalue weighted by molar-refractivity contribution is 0.102. The van der Waals surface area contributed by atoms with Gasteiger partial charge in [0.05, 0.1) is 11.4 Å². The van der Waals surface area contributed by atoms with Crippen molar-refractivity contribution in [3.05, 3.63) is 51.9 Å². The average Bonchev–Trinajstić information content (AvgIpc) is 2.43. The summed E-state index contributed by atoms with van der Waals surface area (Å²) in [6.07, 6.45) is 1.57. The van der Waals surface area contributed by atoms with Crippen LogP contribution in [-0.4, -0.2) is 15.9 Å². The molecule has 2 aromatic rings. The number of amides is 1. The Bertz CT molecular complexity index is 615. The highest BCUT2D eigenvalue weighted by Gasteiger charge is 2.08. The van der Waals surface area contributed by atoms with Crippen LogP contribution in [0, 0.1) is 6.92 Å². The van der Waals surface area contributed by atoms with Gasteiger partial charge in [0, 0.05) is 22.8 Å². The molecule has 0 fully saturated rings. The van der Waals surface area contributed by atoms with Crippen molar-refractivity contribution in [2.24, 2.45) is 5.73 Å². The van der Waals surface area contributed by atoms with Crippen LogP contribution in [0.5, 0.6) is 0 Å². The molecule has 3 N–H and O–H groups in total. The molecular formula is C13H13BrN4O. The van der Waals surface area contributed by atoms with Crippen LogP contribution in [0.15, 0.2) is 34.9 Å². The van der Waals surface area contributed by atoms with E-state index in [4.69, 9.17) is 5.73 Å². The molecule has 0 spiro atoms. The van der Waals surface area contributed by atoms with E-state index in [2.05, 4.69) is 31.2 Å². The molecule has 2 aromatic heterocycles. The van der Waals surface area contributed by atoms with Gasteiger partial charge in [-0.05, 0) is 47.1 Å². The first kappa shape index (κ1) is 13.6. The van der Waals surface area contributed by atoms with Gasteiger partial charge in [-0.15, -0.1) is 0 Å². The van der Waals surface area contributed by atoms with Crippen molar-refractivity contribution in [1.82, 2.24) is 9.97 Å². The van der Waals surface area contributed by atoms with Gasteiger partial charge in [0.2, 0.25) is 0 Å². The van der Waals surface area contributed by atoms with Crippen molar-refractivity contribution in [1.29, 1.82) is 0 Å². The summed E-state index contributed by atoms with van der Waals surface area (Å²) in [5.74, 6) is 0.281. The zero-order valence-corrected chi connectivity index (χ0v) is 11.9. The number of carbonyl (C=O) groups is 1. The molecule has 0 aliphatic rings. The van der Waals surface area contributed by atoms with E-state index in [0.29, 0.717) is 23.6 Å². The van der Waals surface area contributed by atoms with Gasteiger partial charge in [0.15, 0.2) is 0 Å². The van der Waals surface area contributed by atoms with Crippen LogP contribution < -0.4 is 11.1 Å². The number of aromatic nitrogens is 2. The number of hydrogen-bond acceptors (Lipinski definition) is 4. The van der Waals surface area contributed by atoms with Crippen molar-refractivity contribution in [3.8, 4) is 0 Å². The van der Waals surface area contributed by atoms with Crippen LogP contribution in [0.25, 0.3) is 0 Å². The third kappa shape index (κ3) is 3.36. The molecule has 0 atom stereocenters. The maximum Gasteiger partial charge on any atom is 0.256 e. The van der Waals surface area contributed by atoms with Crippen LogP contribution in [0.3, 0.4) is 0 Å². The smallest absolute Gasteiger partial charge is 0.256 e. The van der Waals surface area contributed by atoms with Gasteiger partial charge in [0.1, 0.15) is 5.82 Å². The maximum atomic E-state index is 12.0. The van der Waals surface area contributed by atoms with Crippen molar-refractivity contribution >= 4 is 27.7 Å². The normalized spacial score (nSPS) is 10.3. The Morgan fingerprint density at radius 2 is 2.21 bits per heavy atom. The molecule has 0 unspecified atom stereocenters. The lowest BCUT2D eigenvalue weighted by Gasteiger charge is -2.06. The first-order valence-electron chi connectivity index (χ1n) is 5.69. The minimum Gasteiger partial charge on any atom is -0.325 e. The van der Waals surface area contributed by atoms with Crippen LogP contribution in [-0.2, 0) is 6.54 Å². The van der Waals surface area contributed by atoms with E-state index in [1.807, 2.05) is 13.0 Å². The van der Waals surface area contributed by atoms with Crippen molar-refractivity contribution in [2.75, 3.05) is 5.32 Å². The third-order valence-electron chi connectivity index (χ3n) is 2.55. The van der Waals surface area contributed by atoms with E-state index in [1.165, 1.54) is 0 Å². The number of halogens is 1. The molecular weight excluding hydrogens is 308 g/mol. The second kappa shape index (κ2) is 5.90. The molecule has 0 aromatic carbocycles. The van der Waals surface area contributed by atoms with E-state index in [9.17, 15) is 4.79 Å². The number of carbonyl (C=O) groups excluding carboxylic acids is 1. The summed E-state index contributed by atoms with van der Waals surface area (Å²) >= 11 is 3.36. The number of rotatable bonds is 3. The molecule has 2 rings (SSSR count). The third-order valence-corrected chi connectivity index (χ3v) is 3.39. The summed E-state index contributed by atoms with van der Waals surface area (Å²) in [5, 5.41) is 2.74. The van der Waals surface area contributed by atoms with Gasteiger partial charge in [-0.1, -0.05) is 0 Å². The van der Waals surface area contributed by atoms with Gasteiger partial charge in [-0.25, -0.2) is 4.98 Å². The van der Waals surface area contributed by atoms with E-state index in [1.54, 1.807) is 24.4 Å². The van der Waals surface area contributed by atoms with Gasteiger partial charge in [-0.2, -0.15) is 0 Å². The minimum atomic E-state index is -0.230. The molecule has 19 heavy (non-hydrogen) atoms. The van der Waals surface area contributed by atoms with Crippen molar-refractivity contribution < 1.29 is 4.79 Å². The van der Waals surface area contributed by atoms with Crippen LogP contribution in [0.2, 0.25) is 0 Å². The molecule has 5 nitrogen and oxygen atoms in total. The lowest BCUT2D eigenvalue weighted by atomic mass is 10.2. The molecule has 0 aliphatic carbocycles. The standard InChI is InChI=1S/C13H13BrN4O/c1-8-11(14)2-3-12(17-8)18-13(19)9-4-5-16-10(6-9)7-15/h2-6H,7,15H2,1H3,(H,17,18,19). The summed E-state index contributed by atoms with van der Waals surface area (Å²) in [7, 11) is 0. The van der Waals surface area contributed by atoms with Gasteiger partial charge in [-0.3, -0.25) is 9.78 Å². The number of hydrogen-bond donors (Lipinski definition) is 2. The lowest BCUT2D eigenvalue weighted by Crippen LogP contribution is -2.14. The zero-order valence-electron chi connectivity index (χ0n) is 10.4. The van der Waals surface area contributed by atoms with Gasteiger partial charge < -0.3 is 11.1 Å². The highest BCUT2D eigenvalue weighted by atomic mass is 79.9. The maximum absolute atomic E-state index is 12.0. The number of pyridine rings is 2. The molecule has 0 saturated carbocycles. The monoisotopic (exact) mass is 320 g/mol. The van der Waals surface area contributed by atoms with Gasteiger partial charge in [0.25, 0.3) is 5.91 Å². The first-order chi connectivity index (χ1) is 9.10. The second-order valence-electron chi connectivity index (χ2n) is 3.96. The molecule has 0 saturated heterocycles. The highest BCUT2D eigenvalue weighted by Crippen LogP contribution is 2.16. The van der Waals surface area contributed by atoms with Crippen LogP contribution >= 0.6 is 15.9 Å². The Labute approximate surface area is 119 Å². The predicted molar refractivity (Wildman–Crippen MR) is 76.8 cm³/mol. The number of nitrogens with zero attached hydrogens (tertiary/aromatic N) is 2. The summed E-state index contributed by atoms with van der Waals surface area (Å²) in [4.78, 5) is 20.4. The Morgan fingerprint density at radius 3 is 2.89 bits per heavy atom. The fourth-order valence-electron chi connectivity index (χ4n) is 1.53. The number of aryl methyl sites for hydroxylation is 1. The number of nitrogens with one attached hydrogen (secondary N) is 1. The van der Waals surface area contributed by atoms with E-state index in [0.717, 1.165) is 10.2 Å². The summed E-state index contributed by atoms with van der Waals surface area (Å²) in [6, 6.07) is 6.89. The van der Waals surface area contributed by atoms with Crippen LogP contribution in [0.4, 0.5) is 5.82 Å². The van der Waals surface area contributed by atoms with Crippen LogP contribution in [0.1, 0.15) is 21.7 Å². The summed E-state index contributed by atoms with van der Waals surface area (Å²) in [5.41, 5.74) is 7.50. The highest BCUT2D eigenvalue weighted by molar-refractivity contribution is 9.10. The minimum absolute atomic E-state index is 0.230. The Kier molecular flexibility index (Phi) is 4.24. The Balaban J connectivity index is 2.18. The molecule has 6 heteroatoms. The van der Waals surface area contributed by atoms with E-state index in [-0.39, 0.29) is 5.91 Å². The largest absolute Gasteiger partial charge is 0.325 e.